The molecule has 0 bridgehead atoms. The molecule has 4 aromatic rings. The second kappa shape index (κ2) is 10.7. The van der Waals surface area contributed by atoms with Gasteiger partial charge in [0.2, 0.25) is 0 Å². The van der Waals surface area contributed by atoms with E-state index in [-0.39, 0.29) is 18.0 Å². The van der Waals surface area contributed by atoms with Gasteiger partial charge in [-0.2, -0.15) is 0 Å². The number of ether oxygens (including phenoxy) is 1. The largest absolute Gasteiger partial charge is 0.453 e. The first-order chi connectivity index (χ1) is 19.5. The number of pyridine rings is 2. The summed E-state index contributed by atoms with van der Waals surface area (Å²) in [4.78, 5) is 25.0. The minimum atomic E-state index is -0.469. The Morgan fingerprint density at radius 2 is 2.00 bits per heavy atom. The van der Waals surface area contributed by atoms with Gasteiger partial charge in [-0.05, 0) is 85.5 Å². The van der Waals surface area contributed by atoms with Crippen molar-refractivity contribution in [2.24, 2.45) is 11.3 Å². The van der Waals surface area contributed by atoms with Gasteiger partial charge in [0.05, 0.1) is 20.8 Å². The van der Waals surface area contributed by atoms with Crippen LogP contribution in [0.2, 0.25) is 0 Å². The maximum absolute atomic E-state index is 14.9. The van der Waals surface area contributed by atoms with Crippen LogP contribution >= 0.6 is 11.3 Å². The molecule has 206 valence electrons. The van der Waals surface area contributed by atoms with E-state index in [1.807, 2.05) is 12.3 Å². The van der Waals surface area contributed by atoms with E-state index in [2.05, 4.69) is 27.3 Å². The van der Waals surface area contributed by atoms with Gasteiger partial charge in [0.1, 0.15) is 11.5 Å². The molecule has 7 rings (SSSR count). The van der Waals surface area contributed by atoms with Crippen LogP contribution in [0.5, 0.6) is 11.5 Å². The summed E-state index contributed by atoms with van der Waals surface area (Å²) in [6.07, 6.45) is 9.36. The lowest BCUT2D eigenvalue weighted by atomic mass is 9.87. The van der Waals surface area contributed by atoms with Crippen LogP contribution in [-0.2, 0) is 17.8 Å². The fraction of sp³-hybridized carbons (Fsp3) is 0.406. The predicted molar refractivity (Wildman–Crippen MR) is 155 cm³/mol. The second-order valence-electron chi connectivity index (χ2n) is 11.8. The van der Waals surface area contributed by atoms with Crippen molar-refractivity contribution in [3.63, 3.8) is 0 Å². The van der Waals surface area contributed by atoms with Crippen LogP contribution in [0.3, 0.4) is 0 Å². The zero-order valence-corrected chi connectivity index (χ0v) is 23.3. The molecule has 3 fully saturated rings. The van der Waals surface area contributed by atoms with Crippen LogP contribution in [0.1, 0.15) is 43.2 Å². The zero-order chi connectivity index (χ0) is 27.1. The van der Waals surface area contributed by atoms with E-state index < -0.39 is 5.82 Å². The minimum absolute atomic E-state index is 0.139. The topological polar surface area (TPSA) is 67.3 Å². The molecule has 1 saturated carbocycles. The van der Waals surface area contributed by atoms with Crippen LogP contribution < -0.4 is 10.1 Å². The predicted octanol–water partition coefficient (Wildman–Crippen LogP) is 6.39. The number of hydrogen-bond acceptors (Lipinski definition) is 7. The minimum Gasteiger partial charge on any atom is -0.453 e. The number of Topliss-reactive ketones (excluding diaryl/α,β-unsaturated/α-hetero) is 1. The molecule has 1 aliphatic carbocycles. The number of carbonyl (C=O) groups excluding carboxylic acids is 1. The van der Waals surface area contributed by atoms with E-state index in [1.54, 1.807) is 35.7 Å². The monoisotopic (exact) mass is 556 g/mol. The Hall–Kier alpha value is -3.20. The van der Waals surface area contributed by atoms with E-state index in [0.29, 0.717) is 29.1 Å². The highest BCUT2D eigenvalue weighted by molar-refractivity contribution is 7.22. The van der Waals surface area contributed by atoms with Gasteiger partial charge in [-0.15, -0.1) is 11.3 Å². The standard InChI is InChI=1S/C32H33FN4O2S/c33-25-15-22(14-24(38)13-21-1-2-21)4-6-28(25)39-29-7-10-35-27-16-30(40-31(27)29)26-5-3-23(17-36-26)18-37-12-9-32(20-37)8-11-34-19-32/h3-7,10,15-17,21,34H,1-2,8-9,11-14,18-20H2. The summed E-state index contributed by atoms with van der Waals surface area (Å²) >= 11 is 1.54. The number of halogens is 1. The number of thiophene rings is 1. The summed E-state index contributed by atoms with van der Waals surface area (Å²) in [6, 6.07) is 12.8. The number of hydrogen-bond donors (Lipinski definition) is 1. The normalized spacial score (nSPS) is 21.0. The molecule has 6 nitrogen and oxygen atoms in total. The Kier molecular flexibility index (Phi) is 6.86. The molecule has 1 spiro atoms. The van der Waals surface area contributed by atoms with Gasteiger partial charge < -0.3 is 10.1 Å². The number of fused-ring (bicyclic) bond motifs is 1. The van der Waals surface area contributed by atoms with Gasteiger partial charge in [0.25, 0.3) is 0 Å². The van der Waals surface area contributed by atoms with Crippen molar-refractivity contribution >= 4 is 27.3 Å². The fourth-order valence-corrected chi connectivity index (χ4v) is 7.19. The number of carbonyl (C=O) groups is 1. The van der Waals surface area contributed by atoms with E-state index in [1.165, 1.54) is 24.5 Å². The van der Waals surface area contributed by atoms with Crippen LogP contribution in [0.4, 0.5) is 4.39 Å². The first-order valence-electron chi connectivity index (χ1n) is 14.3. The van der Waals surface area contributed by atoms with Crippen molar-refractivity contribution in [1.29, 1.82) is 0 Å². The smallest absolute Gasteiger partial charge is 0.166 e. The summed E-state index contributed by atoms with van der Waals surface area (Å²) in [5.74, 6) is 0.933. The van der Waals surface area contributed by atoms with E-state index in [9.17, 15) is 9.18 Å². The lowest BCUT2D eigenvalue weighted by Crippen LogP contribution is -2.28. The average molecular weight is 557 g/mol. The molecule has 3 aromatic heterocycles. The number of rotatable bonds is 9. The van der Waals surface area contributed by atoms with Crippen molar-refractivity contribution in [3.8, 4) is 22.1 Å². The highest BCUT2D eigenvalue weighted by Gasteiger charge is 2.40. The molecule has 1 aromatic carbocycles. The highest BCUT2D eigenvalue weighted by Crippen LogP contribution is 2.40. The van der Waals surface area contributed by atoms with Crippen LogP contribution in [0, 0.1) is 17.2 Å². The van der Waals surface area contributed by atoms with Crippen molar-refractivity contribution in [2.75, 3.05) is 26.2 Å². The summed E-state index contributed by atoms with van der Waals surface area (Å²) in [5, 5.41) is 3.53. The molecule has 0 amide bonds. The maximum Gasteiger partial charge on any atom is 0.166 e. The summed E-state index contributed by atoms with van der Waals surface area (Å²) in [5.41, 5.74) is 4.06. The molecule has 3 aliphatic rings. The molecule has 8 heteroatoms. The van der Waals surface area contributed by atoms with E-state index in [0.717, 1.165) is 66.4 Å². The second-order valence-corrected chi connectivity index (χ2v) is 12.9. The Morgan fingerprint density at radius 3 is 2.77 bits per heavy atom. The number of nitrogens with one attached hydrogen (secondary N) is 1. The van der Waals surface area contributed by atoms with Crippen molar-refractivity contribution in [1.82, 2.24) is 20.2 Å². The molecule has 2 saturated heterocycles. The number of ketones is 1. The van der Waals surface area contributed by atoms with Gasteiger partial charge in [-0.3, -0.25) is 19.7 Å². The van der Waals surface area contributed by atoms with Crippen molar-refractivity contribution in [2.45, 2.75) is 45.1 Å². The molecule has 2 aliphatic heterocycles. The van der Waals surface area contributed by atoms with Crippen molar-refractivity contribution in [3.05, 3.63) is 71.8 Å². The molecular weight excluding hydrogens is 523 g/mol. The van der Waals surface area contributed by atoms with Crippen LogP contribution in [0.15, 0.2) is 54.9 Å². The number of likely N-dealkylation sites (tertiary alicyclic amines) is 1. The molecule has 0 radical (unpaired) electrons. The molecule has 1 unspecified atom stereocenters. The van der Waals surface area contributed by atoms with Gasteiger partial charge in [-0.25, -0.2) is 4.39 Å². The number of benzene rings is 1. The zero-order valence-electron chi connectivity index (χ0n) is 22.5. The molecule has 5 heterocycles. The molecular formula is C32H33FN4O2S. The fourth-order valence-electron chi connectivity index (χ4n) is 6.15. The van der Waals surface area contributed by atoms with Gasteiger partial charge in [0.15, 0.2) is 11.6 Å². The van der Waals surface area contributed by atoms with Gasteiger partial charge in [-0.1, -0.05) is 12.1 Å². The third-order valence-corrected chi connectivity index (χ3v) is 9.70. The summed E-state index contributed by atoms with van der Waals surface area (Å²) in [6.45, 7) is 5.53. The highest BCUT2D eigenvalue weighted by atomic mass is 32.1. The van der Waals surface area contributed by atoms with Crippen molar-refractivity contribution < 1.29 is 13.9 Å². The Bertz CT molecular complexity index is 1540. The Labute approximate surface area is 237 Å². The SMILES string of the molecule is O=C(Cc1ccc(Oc2ccnc3cc(-c4ccc(CN5CCC6(CCNC6)C5)cn4)sc23)c(F)c1)CC1CC1. The van der Waals surface area contributed by atoms with Crippen LogP contribution in [0.25, 0.3) is 20.8 Å². The number of aromatic nitrogens is 2. The third-order valence-electron chi connectivity index (χ3n) is 8.54. The van der Waals surface area contributed by atoms with Gasteiger partial charge in [0, 0.05) is 50.9 Å². The Morgan fingerprint density at radius 1 is 1.10 bits per heavy atom. The maximum atomic E-state index is 14.9. The van der Waals surface area contributed by atoms with Gasteiger partial charge >= 0.3 is 0 Å². The molecule has 40 heavy (non-hydrogen) atoms. The third kappa shape index (κ3) is 5.53. The number of nitrogens with zero attached hydrogens (tertiary/aromatic N) is 3. The first-order valence-corrected chi connectivity index (χ1v) is 15.1. The molecule has 1 N–H and O–H groups in total. The quantitative estimate of drug-likeness (QED) is 0.258. The van der Waals surface area contributed by atoms with E-state index in [4.69, 9.17) is 9.72 Å². The lowest BCUT2D eigenvalue weighted by molar-refractivity contribution is -0.118. The summed E-state index contributed by atoms with van der Waals surface area (Å²) < 4.78 is 21.8. The average Bonchev–Trinajstić information content (AvgIpc) is 3.32. The lowest BCUT2D eigenvalue weighted by Gasteiger charge is -2.22. The Balaban J connectivity index is 1.04. The molecule has 1 atom stereocenters. The summed E-state index contributed by atoms with van der Waals surface area (Å²) in [7, 11) is 0. The van der Waals surface area contributed by atoms with E-state index >= 15 is 0 Å². The van der Waals surface area contributed by atoms with Crippen LogP contribution in [-0.4, -0.2) is 46.8 Å². The first kappa shape index (κ1) is 25.7.